The predicted molar refractivity (Wildman–Crippen MR) is 132 cm³/mol. The molecule has 1 aliphatic heterocycles. The lowest BCUT2D eigenvalue weighted by molar-refractivity contribution is -0.127. The van der Waals surface area contributed by atoms with E-state index in [1.165, 1.54) is 18.2 Å². The number of anilines is 1. The van der Waals surface area contributed by atoms with Crippen molar-refractivity contribution in [2.75, 3.05) is 11.9 Å². The Bertz CT molecular complexity index is 1360. The first-order valence-electron chi connectivity index (χ1n) is 11.9. The molecule has 2 amide bonds. The lowest BCUT2D eigenvalue weighted by Gasteiger charge is -2.26. The number of carbonyl (C=O) groups is 2. The van der Waals surface area contributed by atoms with Crippen molar-refractivity contribution in [3.63, 3.8) is 0 Å². The second-order valence-electron chi connectivity index (χ2n) is 9.15. The van der Waals surface area contributed by atoms with Gasteiger partial charge in [-0.3, -0.25) is 14.9 Å². The number of fused-ring (bicyclic) bond motifs is 1. The number of nitrogens with one attached hydrogen (secondary N) is 1. The van der Waals surface area contributed by atoms with Crippen LogP contribution in [0.3, 0.4) is 0 Å². The fourth-order valence-electron chi connectivity index (χ4n) is 4.49. The number of amides is 2. The van der Waals surface area contributed by atoms with Crippen molar-refractivity contribution in [2.45, 2.75) is 45.7 Å². The summed E-state index contributed by atoms with van der Waals surface area (Å²) in [5.41, 5.74) is 1.41. The van der Waals surface area contributed by atoms with Gasteiger partial charge in [0.25, 0.3) is 18.2 Å². The van der Waals surface area contributed by atoms with Crippen molar-refractivity contribution < 1.29 is 18.4 Å². The average Bonchev–Trinajstić information content (AvgIpc) is 3.47. The topological polar surface area (TPSA) is 91.0 Å². The van der Waals surface area contributed by atoms with E-state index in [9.17, 15) is 23.6 Å². The number of nitriles is 1. The highest BCUT2D eigenvalue weighted by Crippen LogP contribution is 2.27. The van der Waals surface area contributed by atoms with Crippen molar-refractivity contribution in [1.29, 1.82) is 5.26 Å². The molecule has 36 heavy (non-hydrogen) atoms. The molecule has 3 aromatic rings. The Morgan fingerprint density at radius 3 is 2.72 bits per heavy atom. The van der Waals surface area contributed by atoms with E-state index in [2.05, 4.69) is 10.3 Å². The molecule has 7 nitrogen and oxygen atoms in total. The van der Waals surface area contributed by atoms with Gasteiger partial charge >= 0.3 is 0 Å². The van der Waals surface area contributed by atoms with Crippen molar-refractivity contribution >= 4 is 28.8 Å². The van der Waals surface area contributed by atoms with Crippen LogP contribution in [0.1, 0.15) is 49.0 Å². The molecule has 2 heterocycles. The van der Waals surface area contributed by atoms with Crippen LogP contribution in [0, 0.1) is 17.2 Å². The zero-order chi connectivity index (χ0) is 25.8. The summed E-state index contributed by atoms with van der Waals surface area (Å²) in [4.78, 5) is 32.3. The van der Waals surface area contributed by atoms with Crippen LogP contribution >= 0.6 is 0 Å². The SMILES string of the molecule is CC(C)/C=C(\C#N)C(=O)N1CCC[C@@H]1Cn1c(NC(=O)c2cccc(C(F)F)c2)nc2ccccc21. The highest BCUT2D eigenvalue weighted by molar-refractivity contribution is 6.04. The van der Waals surface area contributed by atoms with E-state index in [4.69, 9.17) is 0 Å². The number of likely N-dealkylation sites (tertiary alicyclic amines) is 1. The normalized spacial score (nSPS) is 16.1. The summed E-state index contributed by atoms with van der Waals surface area (Å²) < 4.78 is 28.1. The number of nitrogens with zero attached hydrogens (tertiary/aromatic N) is 4. The Kier molecular flexibility index (Phi) is 7.44. The number of imidazole rings is 1. The minimum Gasteiger partial charge on any atom is -0.333 e. The summed E-state index contributed by atoms with van der Waals surface area (Å²) >= 11 is 0. The van der Waals surface area contributed by atoms with Crippen LogP contribution in [0.4, 0.5) is 14.7 Å². The Balaban J connectivity index is 1.64. The van der Waals surface area contributed by atoms with Crippen LogP contribution in [0.25, 0.3) is 11.0 Å². The molecule has 9 heteroatoms. The number of halogens is 2. The van der Waals surface area contributed by atoms with Gasteiger partial charge in [-0.2, -0.15) is 5.26 Å². The summed E-state index contributed by atoms with van der Waals surface area (Å²) in [7, 11) is 0. The molecule has 4 rings (SSSR count). The first kappa shape index (κ1) is 25.0. The average molecular weight is 492 g/mol. The minimum absolute atomic E-state index is 0.0626. The van der Waals surface area contributed by atoms with Gasteiger partial charge in [0.1, 0.15) is 11.6 Å². The highest BCUT2D eigenvalue weighted by Gasteiger charge is 2.32. The van der Waals surface area contributed by atoms with Gasteiger partial charge < -0.3 is 9.47 Å². The number of carbonyl (C=O) groups excluding carboxylic acids is 2. The third kappa shape index (κ3) is 5.28. The molecular weight excluding hydrogens is 464 g/mol. The standard InChI is InChI=1S/C27H27F2N5O2/c1-17(2)13-20(15-30)26(36)33-12-6-9-21(33)16-34-23-11-4-3-10-22(23)31-27(34)32-25(35)19-8-5-7-18(14-19)24(28)29/h3-5,7-8,10-11,13-14,17,21,24H,6,9,12,16H2,1-2H3,(H,31,32,35)/b20-13+/t21-/m1/s1. The maximum atomic E-state index is 13.1. The number of hydrogen-bond donors (Lipinski definition) is 1. The molecule has 1 aromatic heterocycles. The predicted octanol–water partition coefficient (Wildman–Crippen LogP) is 5.32. The number of para-hydroxylation sites is 2. The molecule has 1 fully saturated rings. The summed E-state index contributed by atoms with van der Waals surface area (Å²) in [6.07, 6.45) is 0.522. The zero-order valence-corrected chi connectivity index (χ0v) is 20.1. The third-order valence-electron chi connectivity index (χ3n) is 6.16. The van der Waals surface area contributed by atoms with Crippen molar-refractivity contribution in [3.8, 4) is 6.07 Å². The van der Waals surface area contributed by atoms with Gasteiger partial charge in [0.05, 0.1) is 17.1 Å². The van der Waals surface area contributed by atoms with E-state index in [1.54, 1.807) is 11.0 Å². The quantitative estimate of drug-likeness (QED) is 0.358. The minimum atomic E-state index is -2.68. The summed E-state index contributed by atoms with van der Waals surface area (Å²) in [6, 6.07) is 14.5. The fourth-order valence-corrected chi connectivity index (χ4v) is 4.49. The monoisotopic (exact) mass is 491 g/mol. The van der Waals surface area contributed by atoms with Crippen molar-refractivity contribution in [2.24, 2.45) is 5.92 Å². The van der Waals surface area contributed by atoms with E-state index in [0.29, 0.717) is 18.6 Å². The summed E-state index contributed by atoms with van der Waals surface area (Å²) in [6.45, 7) is 4.72. The number of rotatable bonds is 7. The number of hydrogen-bond acceptors (Lipinski definition) is 4. The largest absolute Gasteiger partial charge is 0.333 e. The van der Waals surface area contributed by atoms with Crippen LogP contribution in [-0.4, -0.2) is 38.9 Å². The lowest BCUT2D eigenvalue weighted by atomic mass is 10.1. The number of alkyl halides is 2. The first-order valence-corrected chi connectivity index (χ1v) is 11.9. The van der Waals surface area contributed by atoms with Crippen LogP contribution in [-0.2, 0) is 11.3 Å². The van der Waals surface area contributed by atoms with Gasteiger partial charge in [0, 0.05) is 24.2 Å². The molecule has 0 spiro atoms. The molecule has 0 unspecified atom stereocenters. The number of allylic oxidation sites excluding steroid dienone is 1. The smallest absolute Gasteiger partial charge is 0.264 e. The molecule has 0 saturated carbocycles. The highest BCUT2D eigenvalue weighted by atomic mass is 19.3. The third-order valence-corrected chi connectivity index (χ3v) is 6.16. The van der Waals surface area contributed by atoms with E-state index in [-0.39, 0.29) is 40.5 Å². The van der Waals surface area contributed by atoms with Gasteiger partial charge in [-0.1, -0.05) is 44.2 Å². The maximum Gasteiger partial charge on any atom is 0.264 e. The summed E-state index contributed by atoms with van der Waals surface area (Å²) in [5, 5.41) is 12.3. The van der Waals surface area contributed by atoms with E-state index >= 15 is 0 Å². The molecule has 0 aliphatic carbocycles. The molecule has 186 valence electrons. The summed E-state index contributed by atoms with van der Waals surface area (Å²) in [5.74, 6) is -0.527. The van der Waals surface area contributed by atoms with Gasteiger partial charge in [-0.25, -0.2) is 13.8 Å². The Morgan fingerprint density at radius 1 is 1.22 bits per heavy atom. The Morgan fingerprint density at radius 2 is 2.00 bits per heavy atom. The second-order valence-corrected chi connectivity index (χ2v) is 9.15. The van der Waals surface area contributed by atoms with Crippen molar-refractivity contribution in [1.82, 2.24) is 14.5 Å². The van der Waals surface area contributed by atoms with E-state index < -0.39 is 12.3 Å². The molecule has 0 bridgehead atoms. The van der Waals surface area contributed by atoms with Gasteiger partial charge in [-0.05, 0) is 43.0 Å². The molecule has 2 aromatic carbocycles. The number of aromatic nitrogens is 2. The van der Waals surface area contributed by atoms with Gasteiger partial charge in [0.2, 0.25) is 5.95 Å². The van der Waals surface area contributed by atoms with Gasteiger partial charge in [0.15, 0.2) is 0 Å². The second kappa shape index (κ2) is 10.7. The molecule has 1 saturated heterocycles. The lowest BCUT2D eigenvalue weighted by Crippen LogP contribution is -2.39. The van der Waals surface area contributed by atoms with Crippen LogP contribution < -0.4 is 5.32 Å². The molecule has 0 radical (unpaired) electrons. The first-order chi connectivity index (χ1) is 17.3. The molecule has 1 aliphatic rings. The fraction of sp³-hybridized carbons (Fsp3) is 0.333. The maximum absolute atomic E-state index is 13.1. The molecule has 1 N–H and O–H groups in total. The van der Waals surface area contributed by atoms with E-state index in [1.807, 2.05) is 48.7 Å². The van der Waals surface area contributed by atoms with Gasteiger partial charge in [-0.15, -0.1) is 0 Å². The zero-order valence-electron chi connectivity index (χ0n) is 20.1. The van der Waals surface area contributed by atoms with Crippen LogP contribution in [0.15, 0.2) is 60.2 Å². The molecular formula is C27H27F2N5O2. The van der Waals surface area contributed by atoms with Crippen LogP contribution in [0.5, 0.6) is 0 Å². The van der Waals surface area contributed by atoms with E-state index in [0.717, 1.165) is 24.4 Å². The Labute approximate surface area is 208 Å². The van der Waals surface area contributed by atoms with Crippen LogP contribution in [0.2, 0.25) is 0 Å². The number of benzene rings is 2. The molecule has 1 atom stereocenters. The van der Waals surface area contributed by atoms with Crippen molar-refractivity contribution in [3.05, 3.63) is 71.3 Å². The Hall–Kier alpha value is -4.06.